The molecule has 0 saturated heterocycles. The van der Waals surface area contributed by atoms with Gasteiger partial charge in [-0.15, -0.1) is 0 Å². The molecule has 0 aliphatic carbocycles. The highest BCUT2D eigenvalue weighted by Crippen LogP contribution is 2.18. The molecule has 6 nitrogen and oxygen atoms in total. The minimum Gasteiger partial charge on any atom is -0.462 e. The van der Waals surface area contributed by atoms with Crippen molar-refractivity contribution in [2.45, 2.75) is 220 Å². The van der Waals surface area contributed by atoms with E-state index >= 15 is 0 Å². The van der Waals surface area contributed by atoms with Crippen molar-refractivity contribution in [1.29, 1.82) is 0 Å². The van der Waals surface area contributed by atoms with Crippen molar-refractivity contribution in [3.63, 3.8) is 0 Å². The predicted octanol–water partition coefficient (Wildman–Crippen LogP) is 10.9. The van der Waals surface area contributed by atoms with Crippen LogP contribution in [0.25, 0.3) is 0 Å². The molecule has 1 atom stereocenters. The molecule has 0 aliphatic heterocycles. The molecule has 0 saturated carbocycles. The van der Waals surface area contributed by atoms with E-state index in [4.69, 9.17) is 9.47 Å². The third-order valence-corrected chi connectivity index (χ3v) is 8.13. The molecule has 1 N–H and O–H groups in total. The number of hydrogen-bond donors (Lipinski definition) is 1. The summed E-state index contributed by atoms with van der Waals surface area (Å²) < 4.78 is 11.3. The number of ether oxygens (including phenoxy) is 2. The fraction of sp³-hybridized carbons (Fsp3) is 0.921. The highest BCUT2D eigenvalue weighted by atomic mass is 16.6. The smallest absolute Gasteiger partial charge is 0.310 e. The van der Waals surface area contributed by atoms with Gasteiger partial charge in [0.05, 0.1) is 6.42 Å². The number of rotatable bonds is 31. The number of carbonyl (C=O) groups is 3. The topological polar surface area (TPSA) is 81.7 Å². The van der Waals surface area contributed by atoms with Gasteiger partial charge in [-0.3, -0.25) is 14.4 Å². The number of amides is 1. The van der Waals surface area contributed by atoms with Gasteiger partial charge in [-0.1, -0.05) is 136 Å². The Hall–Kier alpha value is -1.59. The summed E-state index contributed by atoms with van der Waals surface area (Å²) in [6, 6.07) is 0. The average Bonchev–Trinajstić information content (AvgIpc) is 2.95. The van der Waals surface area contributed by atoms with E-state index < -0.39 is 11.7 Å². The molecule has 260 valence electrons. The fourth-order valence-electron chi connectivity index (χ4n) is 5.54. The largest absolute Gasteiger partial charge is 0.462 e. The van der Waals surface area contributed by atoms with Gasteiger partial charge in [0, 0.05) is 19.4 Å². The maximum absolute atomic E-state index is 12.6. The quantitative estimate of drug-likeness (QED) is 0.0613. The lowest BCUT2D eigenvalue weighted by Crippen LogP contribution is -2.28. The third-order valence-electron chi connectivity index (χ3n) is 8.13. The van der Waals surface area contributed by atoms with Crippen LogP contribution in [0.1, 0.15) is 208 Å². The molecule has 0 aliphatic rings. The Balaban J connectivity index is 4.10. The van der Waals surface area contributed by atoms with Crippen LogP contribution in [0.4, 0.5) is 0 Å². The summed E-state index contributed by atoms with van der Waals surface area (Å²) in [5.74, 6) is -0.412. The van der Waals surface area contributed by atoms with E-state index in [9.17, 15) is 14.4 Å². The molecule has 0 spiro atoms. The summed E-state index contributed by atoms with van der Waals surface area (Å²) >= 11 is 0. The molecule has 0 radical (unpaired) electrons. The second-order valence-electron chi connectivity index (χ2n) is 14.0. The van der Waals surface area contributed by atoms with Crippen LogP contribution < -0.4 is 5.32 Å². The van der Waals surface area contributed by atoms with Crippen LogP contribution in [0, 0.1) is 0 Å². The Bertz CT molecular complexity index is 687. The van der Waals surface area contributed by atoms with Crippen LogP contribution in [0.2, 0.25) is 0 Å². The standard InChI is InChI=1S/C38H73NO5/c1-6-8-10-12-14-15-16-17-18-19-21-22-25-29-34(33-37(42)44-38(3,4)5)43-36(41)31-27-24-28-32-39-35(40)30-26-23-20-13-11-9-7-2/h34H,6-33H2,1-5H3,(H,39,40). The van der Waals surface area contributed by atoms with Crippen LogP contribution in [0.15, 0.2) is 0 Å². The van der Waals surface area contributed by atoms with Crippen LogP contribution in [-0.2, 0) is 23.9 Å². The minimum atomic E-state index is -0.551. The van der Waals surface area contributed by atoms with Crippen molar-refractivity contribution in [1.82, 2.24) is 5.32 Å². The van der Waals surface area contributed by atoms with E-state index in [-0.39, 0.29) is 24.3 Å². The highest BCUT2D eigenvalue weighted by Gasteiger charge is 2.23. The summed E-state index contributed by atoms with van der Waals surface area (Å²) in [5, 5.41) is 3.01. The summed E-state index contributed by atoms with van der Waals surface area (Å²) in [6.45, 7) is 10.7. The fourth-order valence-corrected chi connectivity index (χ4v) is 5.54. The van der Waals surface area contributed by atoms with Gasteiger partial charge in [-0.05, 0) is 52.9 Å². The van der Waals surface area contributed by atoms with Crippen molar-refractivity contribution < 1.29 is 23.9 Å². The first-order valence-electron chi connectivity index (χ1n) is 18.9. The van der Waals surface area contributed by atoms with Gasteiger partial charge in [-0.2, -0.15) is 0 Å². The first kappa shape index (κ1) is 42.4. The number of hydrogen-bond acceptors (Lipinski definition) is 5. The molecular weight excluding hydrogens is 550 g/mol. The monoisotopic (exact) mass is 624 g/mol. The van der Waals surface area contributed by atoms with Gasteiger partial charge in [0.15, 0.2) is 0 Å². The zero-order valence-corrected chi connectivity index (χ0v) is 29.9. The van der Waals surface area contributed by atoms with E-state index in [1.165, 1.54) is 103 Å². The molecule has 0 rings (SSSR count). The molecule has 1 amide bonds. The molecule has 0 heterocycles. The van der Waals surface area contributed by atoms with Crippen molar-refractivity contribution in [2.24, 2.45) is 0 Å². The summed E-state index contributed by atoms with van der Waals surface area (Å²) in [6.07, 6.45) is 29.0. The number of nitrogens with one attached hydrogen (secondary N) is 1. The zero-order valence-electron chi connectivity index (χ0n) is 29.9. The van der Waals surface area contributed by atoms with Crippen molar-refractivity contribution in [2.75, 3.05) is 6.54 Å². The molecule has 0 fully saturated rings. The zero-order chi connectivity index (χ0) is 32.7. The van der Waals surface area contributed by atoms with Crippen LogP contribution >= 0.6 is 0 Å². The normalized spacial score (nSPS) is 12.2. The molecule has 0 aromatic carbocycles. The molecule has 6 heteroatoms. The van der Waals surface area contributed by atoms with E-state index in [0.29, 0.717) is 25.8 Å². The molecule has 0 bridgehead atoms. The SMILES string of the molecule is CCCCCCCCCCCCCCCC(CC(=O)OC(C)(C)C)OC(=O)CCCCCNC(=O)CCCCCCCCC. The maximum Gasteiger partial charge on any atom is 0.310 e. The van der Waals surface area contributed by atoms with Crippen molar-refractivity contribution in [3.05, 3.63) is 0 Å². The lowest BCUT2D eigenvalue weighted by molar-refractivity contribution is -0.162. The lowest BCUT2D eigenvalue weighted by Gasteiger charge is -2.22. The van der Waals surface area contributed by atoms with Gasteiger partial charge in [-0.25, -0.2) is 0 Å². The number of esters is 2. The van der Waals surface area contributed by atoms with E-state index in [2.05, 4.69) is 19.2 Å². The summed E-state index contributed by atoms with van der Waals surface area (Å²) in [4.78, 5) is 37.1. The number of unbranched alkanes of at least 4 members (excludes halogenated alkanes) is 20. The molecule has 0 aromatic heterocycles. The van der Waals surface area contributed by atoms with Gasteiger partial charge in [0.1, 0.15) is 11.7 Å². The maximum atomic E-state index is 12.6. The molecule has 0 aromatic rings. The van der Waals surface area contributed by atoms with Gasteiger partial charge >= 0.3 is 11.9 Å². The highest BCUT2D eigenvalue weighted by molar-refractivity contribution is 5.75. The second kappa shape index (κ2) is 30.1. The van der Waals surface area contributed by atoms with Gasteiger partial charge in [0.25, 0.3) is 0 Å². The number of carbonyl (C=O) groups excluding carboxylic acids is 3. The third kappa shape index (κ3) is 31.8. The predicted molar refractivity (Wildman–Crippen MR) is 185 cm³/mol. The molecule has 1 unspecified atom stereocenters. The summed E-state index contributed by atoms with van der Waals surface area (Å²) in [5.41, 5.74) is -0.551. The Labute approximate surface area is 273 Å². The Kier molecular flexibility index (Phi) is 29.0. The minimum absolute atomic E-state index is 0.117. The first-order chi connectivity index (χ1) is 21.2. The van der Waals surface area contributed by atoms with Crippen LogP contribution in [-0.4, -0.2) is 36.1 Å². The van der Waals surface area contributed by atoms with Crippen molar-refractivity contribution in [3.8, 4) is 0 Å². The van der Waals surface area contributed by atoms with E-state index in [1.807, 2.05) is 20.8 Å². The Morgan fingerprint density at radius 1 is 0.545 bits per heavy atom. The Morgan fingerprint density at radius 3 is 1.48 bits per heavy atom. The lowest BCUT2D eigenvalue weighted by atomic mass is 10.0. The first-order valence-corrected chi connectivity index (χ1v) is 18.9. The van der Waals surface area contributed by atoms with E-state index in [0.717, 1.165) is 44.9 Å². The van der Waals surface area contributed by atoms with Crippen LogP contribution in [0.5, 0.6) is 0 Å². The average molecular weight is 624 g/mol. The van der Waals surface area contributed by atoms with Crippen molar-refractivity contribution >= 4 is 17.8 Å². The second-order valence-corrected chi connectivity index (χ2v) is 14.0. The molecule has 44 heavy (non-hydrogen) atoms. The Morgan fingerprint density at radius 2 is 0.977 bits per heavy atom. The van der Waals surface area contributed by atoms with Crippen LogP contribution in [0.3, 0.4) is 0 Å². The molecular formula is C38H73NO5. The van der Waals surface area contributed by atoms with E-state index in [1.54, 1.807) is 0 Å². The van der Waals surface area contributed by atoms with Gasteiger partial charge in [0.2, 0.25) is 5.91 Å². The summed E-state index contributed by atoms with van der Waals surface area (Å²) in [7, 11) is 0. The van der Waals surface area contributed by atoms with Gasteiger partial charge < -0.3 is 14.8 Å².